The van der Waals surface area contributed by atoms with Crippen molar-refractivity contribution in [2.24, 2.45) is 0 Å². The fourth-order valence-corrected chi connectivity index (χ4v) is 3.63. The minimum Gasteiger partial charge on any atom is -0.460 e. The first-order valence-corrected chi connectivity index (χ1v) is 9.07. The van der Waals surface area contributed by atoms with Gasteiger partial charge in [0.2, 0.25) is 0 Å². The molecular weight excluding hydrogens is 346 g/mol. The van der Waals surface area contributed by atoms with Gasteiger partial charge in [0, 0.05) is 36.2 Å². The van der Waals surface area contributed by atoms with Crippen LogP contribution < -0.4 is 10.1 Å². The maximum absolute atomic E-state index is 12.8. The standard InChI is InChI=1S/C21H21NO5/c1-12-19(21(24)22-11-14-6-5-9-25-14)17-10-18(27-13(2)23)15-7-3-4-8-16(15)20(17)26-12/h3-4,7-8,10,14H,5-6,9,11H2,1-2H3,(H,22,24). The monoisotopic (exact) mass is 367 g/mol. The third-order valence-electron chi connectivity index (χ3n) is 4.83. The molecule has 6 heteroatoms. The maximum atomic E-state index is 12.8. The van der Waals surface area contributed by atoms with Crippen molar-refractivity contribution >= 4 is 33.6 Å². The first kappa shape index (κ1) is 17.5. The lowest BCUT2D eigenvalue weighted by Crippen LogP contribution is -2.31. The highest BCUT2D eigenvalue weighted by Gasteiger charge is 2.23. The van der Waals surface area contributed by atoms with Gasteiger partial charge >= 0.3 is 5.97 Å². The highest BCUT2D eigenvalue weighted by atomic mass is 16.5. The SMILES string of the molecule is CC(=O)Oc1cc2c(C(=O)NCC3CCCO3)c(C)oc2c2ccccc12. The Labute approximate surface area is 156 Å². The number of carbonyl (C=O) groups excluding carboxylic acids is 2. The summed E-state index contributed by atoms with van der Waals surface area (Å²) in [6.07, 6.45) is 2.03. The summed E-state index contributed by atoms with van der Waals surface area (Å²) >= 11 is 0. The van der Waals surface area contributed by atoms with Gasteiger partial charge in [-0.25, -0.2) is 0 Å². The molecule has 2 aromatic carbocycles. The van der Waals surface area contributed by atoms with E-state index in [1.165, 1.54) is 6.92 Å². The number of hydrogen-bond donors (Lipinski definition) is 1. The molecule has 1 atom stereocenters. The average molecular weight is 367 g/mol. The zero-order chi connectivity index (χ0) is 19.0. The summed E-state index contributed by atoms with van der Waals surface area (Å²) in [7, 11) is 0. The van der Waals surface area contributed by atoms with E-state index in [1.807, 2.05) is 24.3 Å². The summed E-state index contributed by atoms with van der Waals surface area (Å²) in [5.74, 6) is 0.314. The Hall–Kier alpha value is -2.86. The van der Waals surface area contributed by atoms with Gasteiger partial charge in [0.05, 0.1) is 11.7 Å². The highest BCUT2D eigenvalue weighted by molar-refractivity contribution is 6.16. The second-order valence-corrected chi connectivity index (χ2v) is 6.77. The molecule has 1 N–H and O–H groups in total. The van der Waals surface area contributed by atoms with Gasteiger partial charge in [-0.1, -0.05) is 24.3 Å². The molecule has 0 bridgehead atoms. The molecule has 6 nitrogen and oxygen atoms in total. The number of hydrogen-bond acceptors (Lipinski definition) is 5. The number of esters is 1. The Morgan fingerprint density at radius 1 is 1.22 bits per heavy atom. The number of ether oxygens (including phenoxy) is 2. The second kappa shape index (κ2) is 7.04. The maximum Gasteiger partial charge on any atom is 0.308 e. The van der Waals surface area contributed by atoms with E-state index in [9.17, 15) is 9.59 Å². The molecule has 2 heterocycles. The summed E-state index contributed by atoms with van der Waals surface area (Å²) in [5.41, 5.74) is 1.07. The number of fused-ring (bicyclic) bond motifs is 3. The summed E-state index contributed by atoms with van der Waals surface area (Å²) in [6, 6.07) is 9.21. The van der Waals surface area contributed by atoms with E-state index in [0.717, 1.165) is 30.2 Å². The van der Waals surface area contributed by atoms with Gasteiger partial charge in [-0.3, -0.25) is 9.59 Å². The lowest BCUT2D eigenvalue weighted by Gasteiger charge is -2.11. The van der Waals surface area contributed by atoms with Gasteiger partial charge in [-0.05, 0) is 25.8 Å². The van der Waals surface area contributed by atoms with E-state index >= 15 is 0 Å². The molecule has 0 saturated carbocycles. The first-order chi connectivity index (χ1) is 13.0. The molecule has 3 aromatic rings. The average Bonchev–Trinajstić information content (AvgIpc) is 3.27. The quantitative estimate of drug-likeness (QED) is 0.562. The van der Waals surface area contributed by atoms with Crippen molar-refractivity contribution in [1.82, 2.24) is 5.32 Å². The summed E-state index contributed by atoms with van der Waals surface area (Å²) < 4.78 is 16.9. The van der Waals surface area contributed by atoms with Crippen LogP contribution in [0.5, 0.6) is 5.75 Å². The van der Waals surface area contributed by atoms with Crippen molar-refractivity contribution in [1.29, 1.82) is 0 Å². The number of amides is 1. The van der Waals surface area contributed by atoms with Crippen LogP contribution >= 0.6 is 0 Å². The molecule has 140 valence electrons. The van der Waals surface area contributed by atoms with E-state index < -0.39 is 5.97 Å². The number of benzene rings is 2. The largest absolute Gasteiger partial charge is 0.460 e. The Morgan fingerprint density at radius 3 is 2.70 bits per heavy atom. The zero-order valence-electron chi connectivity index (χ0n) is 15.3. The van der Waals surface area contributed by atoms with Crippen LogP contribution in [0, 0.1) is 6.92 Å². The molecule has 1 aliphatic heterocycles. The molecule has 4 rings (SSSR count). The molecule has 1 aromatic heterocycles. The fourth-order valence-electron chi connectivity index (χ4n) is 3.63. The van der Waals surface area contributed by atoms with Gasteiger partial charge in [0.1, 0.15) is 17.1 Å². The predicted octanol–water partition coefficient (Wildman–Crippen LogP) is 3.73. The first-order valence-electron chi connectivity index (χ1n) is 9.07. The van der Waals surface area contributed by atoms with Gasteiger partial charge in [0.25, 0.3) is 5.91 Å². The molecule has 1 fully saturated rings. The molecule has 1 aliphatic rings. The van der Waals surface area contributed by atoms with Crippen LogP contribution in [-0.4, -0.2) is 31.1 Å². The van der Waals surface area contributed by atoms with E-state index in [1.54, 1.807) is 13.0 Å². The molecule has 27 heavy (non-hydrogen) atoms. The van der Waals surface area contributed by atoms with Crippen molar-refractivity contribution in [3.8, 4) is 5.75 Å². The number of carbonyl (C=O) groups is 2. The normalized spacial score (nSPS) is 16.7. The molecule has 0 aliphatic carbocycles. The molecular formula is C21H21NO5. The minimum atomic E-state index is -0.413. The number of nitrogens with one attached hydrogen (secondary N) is 1. The molecule has 1 saturated heterocycles. The van der Waals surface area contributed by atoms with Crippen molar-refractivity contribution < 1.29 is 23.5 Å². The number of aryl methyl sites for hydroxylation is 1. The number of rotatable bonds is 4. The highest BCUT2D eigenvalue weighted by Crippen LogP contribution is 2.37. The summed E-state index contributed by atoms with van der Waals surface area (Å²) in [4.78, 5) is 24.4. The fraction of sp³-hybridized carbons (Fsp3) is 0.333. The van der Waals surface area contributed by atoms with Crippen molar-refractivity contribution in [2.45, 2.75) is 32.8 Å². The van der Waals surface area contributed by atoms with Crippen LogP contribution in [0.2, 0.25) is 0 Å². The third kappa shape index (κ3) is 3.28. The van der Waals surface area contributed by atoms with E-state index in [2.05, 4.69) is 5.32 Å². The van der Waals surface area contributed by atoms with Crippen molar-refractivity contribution in [3.05, 3.63) is 41.7 Å². The minimum absolute atomic E-state index is 0.0601. The van der Waals surface area contributed by atoms with Crippen LogP contribution in [0.25, 0.3) is 21.7 Å². The Bertz CT molecular complexity index is 1030. The zero-order valence-corrected chi connectivity index (χ0v) is 15.3. The summed E-state index contributed by atoms with van der Waals surface area (Å²) in [5, 5.41) is 5.13. The van der Waals surface area contributed by atoms with Gasteiger partial charge < -0.3 is 19.2 Å². The molecule has 1 unspecified atom stereocenters. The van der Waals surface area contributed by atoms with E-state index in [-0.39, 0.29) is 12.0 Å². The molecule has 0 radical (unpaired) electrons. The Balaban J connectivity index is 1.78. The Morgan fingerprint density at radius 2 is 2.00 bits per heavy atom. The van der Waals surface area contributed by atoms with Gasteiger partial charge in [0.15, 0.2) is 0 Å². The topological polar surface area (TPSA) is 77.8 Å². The van der Waals surface area contributed by atoms with Gasteiger partial charge in [-0.15, -0.1) is 0 Å². The number of furan rings is 1. The lowest BCUT2D eigenvalue weighted by molar-refractivity contribution is -0.131. The van der Waals surface area contributed by atoms with E-state index in [4.69, 9.17) is 13.9 Å². The summed E-state index contributed by atoms with van der Waals surface area (Å²) in [6.45, 7) is 4.33. The smallest absolute Gasteiger partial charge is 0.308 e. The Kier molecular flexibility index (Phi) is 4.58. The lowest BCUT2D eigenvalue weighted by atomic mass is 10.0. The van der Waals surface area contributed by atoms with E-state index in [0.29, 0.717) is 34.6 Å². The third-order valence-corrected chi connectivity index (χ3v) is 4.83. The van der Waals surface area contributed by atoms with Crippen LogP contribution in [-0.2, 0) is 9.53 Å². The molecule has 0 spiro atoms. The van der Waals surface area contributed by atoms with Crippen LogP contribution in [0.15, 0.2) is 34.7 Å². The van der Waals surface area contributed by atoms with Crippen LogP contribution in [0.3, 0.4) is 0 Å². The van der Waals surface area contributed by atoms with Crippen LogP contribution in [0.4, 0.5) is 0 Å². The molecule has 1 amide bonds. The van der Waals surface area contributed by atoms with Crippen LogP contribution in [0.1, 0.15) is 35.9 Å². The van der Waals surface area contributed by atoms with Crippen molar-refractivity contribution in [2.75, 3.05) is 13.2 Å². The second-order valence-electron chi connectivity index (χ2n) is 6.77. The van der Waals surface area contributed by atoms with Crippen molar-refractivity contribution in [3.63, 3.8) is 0 Å². The predicted molar refractivity (Wildman–Crippen MR) is 101 cm³/mol. The van der Waals surface area contributed by atoms with Gasteiger partial charge in [-0.2, -0.15) is 0 Å².